The van der Waals surface area contributed by atoms with Crippen LogP contribution in [0.3, 0.4) is 0 Å². The fraction of sp³-hybridized carbons (Fsp3) is 0.261. The van der Waals surface area contributed by atoms with Crippen LogP contribution in [0.15, 0.2) is 67.0 Å². The van der Waals surface area contributed by atoms with Gasteiger partial charge in [0.1, 0.15) is 0 Å². The molecule has 5 heteroatoms. The van der Waals surface area contributed by atoms with Crippen molar-refractivity contribution in [2.75, 3.05) is 13.1 Å². The average Bonchev–Trinajstić information content (AvgIpc) is 3.35. The number of nitrogens with zero attached hydrogens (tertiary/aromatic N) is 3. The van der Waals surface area contributed by atoms with Gasteiger partial charge in [-0.15, -0.1) is 0 Å². The highest BCUT2D eigenvalue weighted by atomic mass is 35.5. The van der Waals surface area contributed by atoms with Crippen LogP contribution in [0, 0.1) is 0 Å². The molecule has 5 rings (SSSR count). The second-order valence-electron chi connectivity index (χ2n) is 7.43. The molecule has 28 heavy (non-hydrogen) atoms. The first-order chi connectivity index (χ1) is 13.8. The van der Waals surface area contributed by atoms with E-state index in [1.807, 2.05) is 29.2 Å². The van der Waals surface area contributed by atoms with Crippen LogP contribution in [0.4, 0.5) is 0 Å². The molecule has 0 saturated carbocycles. The summed E-state index contributed by atoms with van der Waals surface area (Å²) in [7, 11) is 0. The molecule has 0 fully saturated rings. The molecule has 1 aliphatic rings. The molecule has 4 nitrogen and oxygen atoms in total. The Bertz CT molecular complexity index is 1080. The van der Waals surface area contributed by atoms with Crippen molar-refractivity contribution in [2.24, 2.45) is 0 Å². The Hall–Kier alpha value is -2.56. The van der Waals surface area contributed by atoms with E-state index in [2.05, 4.69) is 57.4 Å². The van der Waals surface area contributed by atoms with Gasteiger partial charge in [0.05, 0.1) is 6.04 Å². The van der Waals surface area contributed by atoms with E-state index in [1.54, 1.807) is 0 Å². The van der Waals surface area contributed by atoms with Crippen molar-refractivity contribution in [3.05, 3.63) is 88.8 Å². The highest BCUT2D eigenvalue weighted by Gasteiger charge is 2.31. The summed E-state index contributed by atoms with van der Waals surface area (Å²) in [6.07, 6.45) is 6.00. The number of halogens is 1. The molecule has 1 aliphatic heterocycles. The van der Waals surface area contributed by atoms with E-state index in [-0.39, 0.29) is 6.04 Å². The minimum absolute atomic E-state index is 0.201. The molecule has 0 amide bonds. The van der Waals surface area contributed by atoms with Crippen molar-refractivity contribution in [3.63, 3.8) is 0 Å². The van der Waals surface area contributed by atoms with Crippen LogP contribution >= 0.6 is 11.6 Å². The number of H-pyrrole nitrogens is 1. The number of hydrogen-bond donors (Lipinski definition) is 1. The van der Waals surface area contributed by atoms with Crippen molar-refractivity contribution >= 4 is 22.5 Å². The number of benzene rings is 2. The van der Waals surface area contributed by atoms with Crippen LogP contribution in [0.5, 0.6) is 0 Å². The quantitative estimate of drug-likeness (QED) is 0.517. The van der Waals surface area contributed by atoms with Crippen LogP contribution < -0.4 is 0 Å². The van der Waals surface area contributed by atoms with E-state index in [4.69, 9.17) is 11.6 Å². The summed E-state index contributed by atoms with van der Waals surface area (Å²) in [6.45, 7) is 3.00. The van der Waals surface area contributed by atoms with Gasteiger partial charge in [-0.3, -0.25) is 9.58 Å². The molecule has 3 heterocycles. The Labute approximate surface area is 169 Å². The van der Waals surface area contributed by atoms with Crippen LogP contribution in [0.1, 0.15) is 29.3 Å². The number of aromatic amines is 1. The Morgan fingerprint density at radius 3 is 2.86 bits per heavy atom. The summed E-state index contributed by atoms with van der Waals surface area (Å²) < 4.78 is 2.01. The Balaban J connectivity index is 1.50. The lowest BCUT2D eigenvalue weighted by Crippen LogP contribution is -2.37. The third-order valence-corrected chi connectivity index (χ3v) is 5.93. The second kappa shape index (κ2) is 7.46. The first-order valence-corrected chi connectivity index (χ1v) is 10.2. The van der Waals surface area contributed by atoms with E-state index in [9.17, 15) is 0 Å². The first kappa shape index (κ1) is 17.5. The minimum Gasteiger partial charge on any atom is -0.357 e. The molecular weight excluding hydrogens is 368 g/mol. The lowest BCUT2D eigenvalue weighted by atomic mass is 9.92. The van der Waals surface area contributed by atoms with E-state index in [0.29, 0.717) is 0 Å². The SMILES string of the molecule is Clc1cccc(C2c3[nH]c4ccccc4c3CCN2CCCn2cccn2)c1. The predicted molar refractivity (Wildman–Crippen MR) is 114 cm³/mol. The number of aromatic nitrogens is 3. The predicted octanol–water partition coefficient (Wildman–Crippen LogP) is 5.06. The number of fused-ring (bicyclic) bond motifs is 3. The van der Waals surface area contributed by atoms with Gasteiger partial charge in [0.15, 0.2) is 0 Å². The standard InChI is InChI=1S/C23H23ClN4/c24-18-7-3-6-17(16-18)23-22-20(19-8-1-2-9-21(19)26-22)10-15-27(23)12-5-14-28-13-4-11-25-28/h1-4,6-9,11,13,16,23,26H,5,10,12,14-15H2. The third-order valence-electron chi connectivity index (χ3n) is 5.69. The molecule has 0 aliphatic carbocycles. The Morgan fingerprint density at radius 2 is 2.00 bits per heavy atom. The number of rotatable bonds is 5. The summed E-state index contributed by atoms with van der Waals surface area (Å²) >= 11 is 6.35. The second-order valence-corrected chi connectivity index (χ2v) is 7.87. The number of para-hydroxylation sites is 1. The maximum absolute atomic E-state index is 6.35. The zero-order valence-electron chi connectivity index (χ0n) is 15.7. The van der Waals surface area contributed by atoms with Gasteiger partial charge in [-0.1, -0.05) is 41.9 Å². The largest absolute Gasteiger partial charge is 0.357 e. The van der Waals surface area contributed by atoms with Gasteiger partial charge in [0, 0.05) is 53.6 Å². The van der Waals surface area contributed by atoms with Crippen molar-refractivity contribution in [1.29, 1.82) is 0 Å². The molecular formula is C23H23ClN4. The van der Waals surface area contributed by atoms with Crippen molar-refractivity contribution in [1.82, 2.24) is 19.7 Å². The fourth-order valence-electron chi connectivity index (χ4n) is 4.45. The molecule has 142 valence electrons. The highest BCUT2D eigenvalue weighted by Crippen LogP contribution is 2.38. The lowest BCUT2D eigenvalue weighted by molar-refractivity contribution is 0.204. The minimum atomic E-state index is 0.201. The number of nitrogens with one attached hydrogen (secondary N) is 1. The van der Waals surface area contributed by atoms with Crippen LogP contribution in [-0.2, 0) is 13.0 Å². The third kappa shape index (κ3) is 3.23. The molecule has 2 aromatic carbocycles. The molecule has 4 aromatic rings. The monoisotopic (exact) mass is 390 g/mol. The topological polar surface area (TPSA) is 36.9 Å². The summed E-state index contributed by atoms with van der Waals surface area (Å²) in [5, 5.41) is 6.46. The van der Waals surface area contributed by atoms with E-state index in [1.165, 1.54) is 27.7 Å². The van der Waals surface area contributed by atoms with Crippen molar-refractivity contribution < 1.29 is 0 Å². The Kier molecular flexibility index (Phi) is 4.67. The molecule has 0 saturated heterocycles. The van der Waals surface area contributed by atoms with Crippen molar-refractivity contribution in [2.45, 2.75) is 25.4 Å². The smallest absolute Gasteiger partial charge is 0.0757 e. The highest BCUT2D eigenvalue weighted by molar-refractivity contribution is 6.30. The summed E-state index contributed by atoms with van der Waals surface area (Å²) in [5.74, 6) is 0. The van der Waals surface area contributed by atoms with Crippen LogP contribution in [0.25, 0.3) is 10.9 Å². The maximum Gasteiger partial charge on any atom is 0.0757 e. The molecule has 0 radical (unpaired) electrons. The number of aryl methyl sites for hydroxylation is 1. The van der Waals surface area contributed by atoms with Gasteiger partial charge in [-0.2, -0.15) is 5.10 Å². The molecule has 1 N–H and O–H groups in total. The zero-order chi connectivity index (χ0) is 18.9. The van der Waals surface area contributed by atoms with Gasteiger partial charge >= 0.3 is 0 Å². The van der Waals surface area contributed by atoms with Gasteiger partial charge in [-0.05, 0) is 48.2 Å². The molecule has 0 spiro atoms. The van der Waals surface area contributed by atoms with Crippen molar-refractivity contribution in [3.8, 4) is 0 Å². The normalized spacial score (nSPS) is 17.1. The zero-order valence-corrected chi connectivity index (χ0v) is 16.4. The molecule has 0 bridgehead atoms. The van der Waals surface area contributed by atoms with Gasteiger partial charge in [0.2, 0.25) is 0 Å². The van der Waals surface area contributed by atoms with Gasteiger partial charge in [-0.25, -0.2) is 0 Å². The molecule has 2 aromatic heterocycles. The van der Waals surface area contributed by atoms with E-state index in [0.717, 1.165) is 37.5 Å². The summed E-state index contributed by atoms with van der Waals surface area (Å²) in [5.41, 5.74) is 5.23. The first-order valence-electron chi connectivity index (χ1n) is 9.86. The number of hydrogen-bond acceptors (Lipinski definition) is 2. The Morgan fingerprint density at radius 1 is 1.07 bits per heavy atom. The van der Waals surface area contributed by atoms with Crippen LogP contribution in [0.2, 0.25) is 5.02 Å². The molecule has 1 atom stereocenters. The van der Waals surface area contributed by atoms with E-state index < -0.39 is 0 Å². The summed E-state index contributed by atoms with van der Waals surface area (Å²) in [6, 6.07) is 19.1. The lowest BCUT2D eigenvalue weighted by Gasteiger charge is -2.36. The van der Waals surface area contributed by atoms with Gasteiger partial charge < -0.3 is 4.98 Å². The average molecular weight is 391 g/mol. The van der Waals surface area contributed by atoms with Crippen LogP contribution in [-0.4, -0.2) is 32.8 Å². The molecule has 1 unspecified atom stereocenters. The van der Waals surface area contributed by atoms with Gasteiger partial charge in [0.25, 0.3) is 0 Å². The maximum atomic E-state index is 6.35. The summed E-state index contributed by atoms with van der Waals surface area (Å²) in [4.78, 5) is 6.29. The van der Waals surface area contributed by atoms with E-state index >= 15 is 0 Å². The fourth-order valence-corrected chi connectivity index (χ4v) is 4.65.